The van der Waals surface area contributed by atoms with E-state index in [1.54, 1.807) is 18.2 Å². The van der Waals surface area contributed by atoms with Gasteiger partial charge in [0.2, 0.25) is 0 Å². The van der Waals surface area contributed by atoms with Gasteiger partial charge in [-0.05, 0) is 37.3 Å². The second-order valence-corrected chi connectivity index (χ2v) is 5.99. The molecule has 27 heavy (non-hydrogen) atoms. The number of ether oxygens (including phenoxy) is 1. The number of hydrogen-bond donors (Lipinski definition) is 1. The second-order valence-electron chi connectivity index (χ2n) is 5.99. The maximum absolute atomic E-state index is 12.8. The van der Waals surface area contributed by atoms with Crippen LogP contribution in [0.5, 0.6) is 5.75 Å². The summed E-state index contributed by atoms with van der Waals surface area (Å²) in [6.07, 6.45) is 0. The molecule has 1 amide bonds. The number of carbonyl (C=O) groups is 1. The summed E-state index contributed by atoms with van der Waals surface area (Å²) in [5.41, 5.74) is 2.78. The van der Waals surface area contributed by atoms with Crippen LogP contribution in [0.15, 0.2) is 77.3 Å². The largest absolute Gasteiger partial charge is 0.492 e. The van der Waals surface area contributed by atoms with Gasteiger partial charge < -0.3 is 14.6 Å². The molecule has 3 aromatic carbocycles. The monoisotopic (exact) mass is 358 g/mol. The van der Waals surface area contributed by atoms with Crippen molar-refractivity contribution in [2.45, 2.75) is 6.92 Å². The van der Waals surface area contributed by atoms with Gasteiger partial charge in [-0.25, -0.2) is 0 Å². The van der Waals surface area contributed by atoms with E-state index in [2.05, 4.69) is 10.5 Å². The van der Waals surface area contributed by atoms with Crippen LogP contribution in [0.25, 0.3) is 22.2 Å². The maximum Gasteiger partial charge on any atom is 0.255 e. The van der Waals surface area contributed by atoms with Crippen molar-refractivity contribution in [1.82, 2.24) is 5.16 Å². The molecule has 5 heteroatoms. The van der Waals surface area contributed by atoms with E-state index < -0.39 is 0 Å². The Morgan fingerprint density at radius 2 is 1.81 bits per heavy atom. The Morgan fingerprint density at radius 1 is 1.04 bits per heavy atom. The van der Waals surface area contributed by atoms with Crippen LogP contribution in [0.2, 0.25) is 0 Å². The molecule has 134 valence electrons. The number of rotatable bonds is 5. The van der Waals surface area contributed by atoms with Crippen molar-refractivity contribution in [2.24, 2.45) is 0 Å². The summed E-state index contributed by atoms with van der Waals surface area (Å²) in [5.74, 6) is 1.07. The van der Waals surface area contributed by atoms with Gasteiger partial charge in [0.15, 0.2) is 5.76 Å². The minimum Gasteiger partial charge on any atom is -0.492 e. The van der Waals surface area contributed by atoms with Crippen LogP contribution in [0.1, 0.15) is 17.3 Å². The van der Waals surface area contributed by atoms with Gasteiger partial charge in [0.05, 0.1) is 17.7 Å². The number of hydrogen-bond acceptors (Lipinski definition) is 4. The molecule has 0 aliphatic heterocycles. The van der Waals surface area contributed by atoms with Gasteiger partial charge in [0.25, 0.3) is 5.91 Å². The first-order valence-corrected chi connectivity index (χ1v) is 8.74. The van der Waals surface area contributed by atoms with Gasteiger partial charge in [-0.3, -0.25) is 4.79 Å². The zero-order valence-electron chi connectivity index (χ0n) is 14.8. The predicted molar refractivity (Wildman–Crippen MR) is 105 cm³/mol. The van der Waals surface area contributed by atoms with Gasteiger partial charge in [0.1, 0.15) is 11.3 Å². The van der Waals surface area contributed by atoms with E-state index in [1.165, 1.54) is 0 Å². The van der Waals surface area contributed by atoms with Crippen LogP contribution in [0, 0.1) is 0 Å². The Morgan fingerprint density at radius 3 is 2.63 bits per heavy atom. The van der Waals surface area contributed by atoms with E-state index in [9.17, 15) is 4.79 Å². The Labute approximate surface area is 156 Å². The van der Waals surface area contributed by atoms with Crippen molar-refractivity contribution in [2.75, 3.05) is 11.9 Å². The number of aromatic nitrogens is 1. The first kappa shape index (κ1) is 16.8. The molecule has 0 saturated carbocycles. The first-order valence-electron chi connectivity index (χ1n) is 8.74. The third-order valence-electron chi connectivity index (χ3n) is 4.21. The molecule has 4 aromatic rings. The number of anilines is 1. The first-order chi connectivity index (χ1) is 13.3. The van der Waals surface area contributed by atoms with Crippen LogP contribution < -0.4 is 10.1 Å². The van der Waals surface area contributed by atoms with E-state index >= 15 is 0 Å². The molecule has 0 aliphatic carbocycles. The molecule has 1 N–H and O–H groups in total. The quantitative estimate of drug-likeness (QED) is 0.536. The molecule has 5 nitrogen and oxygen atoms in total. The van der Waals surface area contributed by atoms with E-state index in [0.29, 0.717) is 34.9 Å². The molecular formula is C22H18N2O3. The molecule has 0 bridgehead atoms. The smallest absolute Gasteiger partial charge is 0.255 e. The van der Waals surface area contributed by atoms with Crippen molar-refractivity contribution >= 4 is 22.5 Å². The molecule has 0 unspecified atom stereocenters. The van der Waals surface area contributed by atoms with E-state index in [0.717, 1.165) is 10.9 Å². The number of nitrogens with one attached hydrogen (secondary N) is 1. The SMILES string of the molecule is CCOc1ccccc1NC(=O)c1ccc2noc(-c3ccccc3)c2c1. The van der Waals surface area contributed by atoms with Crippen LogP contribution in [-0.4, -0.2) is 17.7 Å². The van der Waals surface area contributed by atoms with Gasteiger partial charge >= 0.3 is 0 Å². The second kappa shape index (κ2) is 7.33. The third-order valence-corrected chi connectivity index (χ3v) is 4.21. The van der Waals surface area contributed by atoms with Crippen LogP contribution >= 0.6 is 0 Å². The standard InChI is InChI=1S/C22H18N2O3/c1-2-26-20-11-7-6-10-19(20)23-22(25)16-12-13-18-17(14-16)21(27-24-18)15-8-4-3-5-9-15/h3-14H,2H2,1H3,(H,23,25). The summed E-state index contributed by atoms with van der Waals surface area (Å²) in [4.78, 5) is 12.8. The van der Waals surface area contributed by atoms with Gasteiger partial charge in [-0.1, -0.05) is 47.6 Å². The Kier molecular flexibility index (Phi) is 4.58. The molecule has 0 radical (unpaired) electrons. The van der Waals surface area contributed by atoms with Crippen LogP contribution in [0.4, 0.5) is 5.69 Å². The van der Waals surface area contributed by atoms with Crippen molar-refractivity contribution in [3.8, 4) is 17.1 Å². The molecule has 0 fully saturated rings. The van der Waals surface area contributed by atoms with E-state index in [1.807, 2.05) is 61.5 Å². The number of para-hydroxylation sites is 2. The highest BCUT2D eigenvalue weighted by Gasteiger charge is 2.15. The minimum absolute atomic E-state index is 0.218. The Hall–Kier alpha value is -3.60. The summed E-state index contributed by atoms with van der Waals surface area (Å²) in [6.45, 7) is 2.43. The normalized spacial score (nSPS) is 10.7. The summed E-state index contributed by atoms with van der Waals surface area (Å²) >= 11 is 0. The lowest BCUT2D eigenvalue weighted by molar-refractivity contribution is 0.102. The van der Waals surface area contributed by atoms with E-state index in [-0.39, 0.29) is 5.91 Å². The molecule has 0 saturated heterocycles. The molecule has 4 rings (SSSR count). The van der Waals surface area contributed by atoms with Crippen molar-refractivity contribution in [1.29, 1.82) is 0 Å². The average Bonchev–Trinajstić information content (AvgIpc) is 3.13. The lowest BCUT2D eigenvalue weighted by atomic mass is 10.1. The highest BCUT2D eigenvalue weighted by Crippen LogP contribution is 2.30. The third kappa shape index (κ3) is 3.40. The molecular weight excluding hydrogens is 340 g/mol. The predicted octanol–water partition coefficient (Wildman–Crippen LogP) is 5.15. The lowest BCUT2D eigenvalue weighted by Gasteiger charge is -2.11. The number of benzene rings is 3. The van der Waals surface area contributed by atoms with Gasteiger partial charge in [0, 0.05) is 11.1 Å². The maximum atomic E-state index is 12.8. The van der Waals surface area contributed by atoms with Crippen molar-refractivity contribution in [3.05, 3.63) is 78.4 Å². The fourth-order valence-electron chi connectivity index (χ4n) is 2.93. The molecule has 1 heterocycles. The fourth-order valence-corrected chi connectivity index (χ4v) is 2.93. The van der Waals surface area contributed by atoms with Gasteiger partial charge in [-0.15, -0.1) is 0 Å². The highest BCUT2D eigenvalue weighted by atomic mass is 16.5. The number of carbonyl (C=O) groups excluding carboxylic acids is 1. The highest BCUT2D eigenvalue weighted by molar-refractivity contribution is 6.08. The minimum atomic E-state index is -0.218. The average molecular weight is 358 g/mol. The zero-order valence-corrected chi connectivity index (χ0v) is 14.8. The zero-order chi connectivity index (χ0) is 18.6. The van der Waals surface area contributed by atoms with Gasteiger partial charge in [-0.2, -0.15) is 0 Å². The molecule has 0 spiro atoms. The number of fused-ring (bicyclic) bond motifs is 1. The molecule has 0 aliphatic rings. The van der Waals surface area contributed by atoms with E-state index in [4.69, 9.17) is 9.26 Å². The Bertz CT molecular complexity index is 1090. The van der Waals surface area contributed by atoms with Crippen LogP contribution in [-0.2, 0) is 0 Å². The summed E-state index contributed by atoms with van der Waals surface area (Å²) < 4.78 is 11.1. The van der Waals surface area contributed by atoms with Crippen molar-refractivity contribution in [3.63, 3.8) is 0 Å². The summed E-state index contributed by atoms with van der Waals surface area (Å²) in [7, 11) is 0. The number of nitrogens with zero attached hydrogens (tertiary/aromatic N) is 1. The van der Waals surface area contributed by atoms with Crippen LogP contribution in [0.3, 0.4) is 0 Å². The molecule has 0 atom stereocenters. The Balaban J connectivity index is 1.67. The fraction of sp³-hybridized carbons (Fsp3) is 0.0909. The molecule has 1 aromatic heterocycles. The summed E-state index contributed by atoms with van der Waals surface area (Å²) in [6, 6.07) is 22.4. The van der Waals surface area contributed by atoms with Crippen molar-refractivity contribution < 1.29 is 14.1 Å². The lowest BCUT2D eigenvalue weighted by Crippen LogP contribution is -2.12. The topological polar surface area (TPSA) is 64.4 Å². The number of amides is 1. The summed E-state index contributed by atoms with van der Waals surface area (Å²) in [5, 5.41) is 7.80.